The summed E-state index contributed by atoms with van der Waals surface area (Å²) in [5.41, 5.74) is 2.85. The third kappa shape index (κ3) is 4.69. The SMILES string of the molecule is COc1c(-c2nc3ccc(NS(C)(=O)=O)cc3o2)cc(N2CCC(=O)NC2=O)cc1C(C)(C)C. The highest BCUT2D eigenvalue weighted by Crippen LogP contribution is 2.43. The lowest BCUT2D eigenvalue weighted by atomic mass is 9.84. The third-order valence-corrected chi connectivity index (χ3v) is 5.98. The van der Waals surface area contributed by atoms with Crippen LogP contribution in [-0.4, -0.2) is 45.3 Å². The van der Waals surface area contributed by atoms with Crippen molar-refractivity contribution in [2.24, 2.45) is 0 Å². The second-order valence-corrected chi connectivity index (χ2v) is 10.9. The molecule has 1 saturated heterocycles. The normalized spacial score (nSPS) is 14.9. The van der Waals surface area contributed by atoms with Gasteiger partial charge in [-0.1, -0.05) is 20.8 Å². The van der Waals surface area contributed by atoms with E-state index in [0.717, 1.165) is 11.8 Å². The number of benzene rings is 2. The highest BCUT2D eigenvalue weighted by Gasteiger charge is 2.30. The van der Waals surface area contributed by atoms with Crippen LogP contribution in [0.4, 0.5) is 16.2 Å². The Morgan fingerprint density at radius 1 is 1.18 bits per heavy atom. The van der Waals surface area contributed by atoms with Crippen LogP contribution in [0.3, 0.4) is 0 Å². The number of nitrogens with one attached hydrogen (secondary N) is 2. The fourth-order valence-corrected chi connectivity index (χ4v) is 4.39. The average molecular weight is 487 g/mol. The standard InChI is InChI=1S/C23H26N4O6S/c1-23(2,3)16-12-14(27-9-8-19(28)25-22(27)29)11-15(20(16)32-4)21-24-17-7-6-13(10-18(17)33-21)26-34(5,30)31/h6-7,10-12,26H,8-9H2,1-5H3,(H,25,28,29). The quantitative estimate of drug-likeness (QED) is 0.563. The van der Waals surface area contributed by atoms with Crippen molar-refractivity contribution in [2.75, 3.05) is 29.5 Å². The number of aromatic nitrogens is 1. The first-order chi connectivity index (χ1) is 15.9. The van der Waals surface area contributed by atoms with Crippen LogP contribution in [0.5, 0.6) is 5.75 Å². The van der Waals surface area contributed by atoms with E-state index in [0.29, 0.717) is 33.8 Å². The van der Waals surface area contributed by atoms with Crippen molar-refractivity contribution < 1.29 is 27.2 Å². The van der Waals surface area contributed by atoms with Gasteiger partial charge in [0.2, 0.25) is 21.8 Å². The number of anilines is 2. The number of imide groups is 1. The second kappa shape index (κ2) is 8.32. The fourth-order valence-electron chi connectivity index (χ4n) is 3.83. The minimum Gasteiger partial charge on any atom is -0.496 e. The summed E-state index contributed by atoms with van der Waals surface area (Å²) in [5.74, 6) is 0.485. The Kier molecular flexibility index (Phi) is 5.76. The summed E-state index contributed by atoms with van der Waals surface area (Å²) in [6.07, 6.45) is 1.26. The number of hydrogen-bond acceptors (Lipinski definition) is 7. The molecule has 1 aromatic heterocycles. The van der Waals surface area contributed by atoms with Crippen molar-refractivity contribution in [2.45, 2.75) is 32.6 Å². The first-order valence-electron chi connectivity index (χ1n) is 10.6. The minimum absolute atomic E-state index is 0.191. The Morgan fingerprint density at radius 2 is 1.91 bits per heavy atom. The molecule has 0 radical (unpaired) electrons. The molecule has 180 valence electrons. The monoisotopic (exact) mass is 486 g/mol. The second-order valence-electron chi connectivity index (χ2n) is 9.15. The Balaban J connectivity index is 1.88. The molecule has 0 bridgehead atoms. The van der Waals surface area contributed by atoms with Crippen LogP contribution in [0.15, 0.2) is 34.7 Å². The van der Waals surface area contributed by atoms with E-state index in [4.69, 9.17) is 9.15 Å². The molecule has 3 amide bonds. The molecule has 0 spiro atoms. The molecule has 0 unspecified atom stereocenters. The van der Waals surface area contributed by atoms with Crippen LogP contribution in [0.25, 0.3) is 22.6 Å². The highest BCUT2D eigenvalue weighted by molar-refractivity contribution is 7.92. The van der Waals surface area contributed by atoms with E-state index in [-0.39, 0.29) is 30.2 Å². The molecule has 0 atom stereocenters. The molecule has 3 aromatic rings. The number of carbonyl (C=O) groups excluding carboxylic acids is 2. The van der Waals surface area contributed by atoms with Gasteiger partial charge in [-0.05, 0) is 29.7 Å². The summed E-state index contributed by atoms with van der Waals surface area (Å²) in [5, 5.41) is 2.34. The maximum atomic E-state index is 12.5. The molecule has 11 heteroatoms. The van der Waals surface area contributed by atoms with Gasteiger partial charge in [0.1, 0.15) is 11.3 Å². The number of carbonyl (C=O) groups is 2. The molecule has 2 heterocycles. The van der Waals surface area contributed by atoms with Crippen molar-refractivity contribution in [3.8, 4) is 17.2 Å². The van der Waals surface area contributed by atoms with E-state index in [9.17, 15) is 18.0 Å². The van der Waals surface area contributed by atoms with Crippen molar-refractivity contribution in [3.63, 3.8) is 0 Å². The molecular weight excluding hydrogens is 460 g/mol. The number of nitrogens with zero attached hydrogens (tertiary/aromatic N) is 2. The maximum absolute atomic E-state index is 12.5. The first-order valence-corrected chi connectivity index (χ1v) is 12.5. The molecule has 4 rings (SSSR count). The molecule has 0 aliphatic carbocycles. The number of hydrogen-bond donors (Lipinski definition) is 2. The lowest BCUT2D eigenvalue weighted by molar-refractivity contribution is -0.120. The van der Waals surface area contributed by atoms with Crippen LogP contribution in [0.2, 0.25) is 0 Å². The molecule has 10 nitrogen and oxygen atoms in total. The van der Waals surface area contributed by atoms with Crippen LogP contribution < -0.4 is 19.7 Å². The highest BCUT2D eigenvalue weighted by atomic mass is 32.2. The smallest absolute Gasteiger partial charge is 0.328 e. The van der Waals surface area contributed by atoms with Crippen molar-refractivity contribution in [3.05, 3.63) is 35.9 Å². The molecule has 1 aliphatic heterocycles. The Labute approximate surface area is 197 Å². The fraction of sp³-hybridized carbons (Fsp3) is 0.348. The number of oxazole rings is 1. The van der Waals surface area contributed by atoms with Gasteiger partial charge in [-0.3, -0.25) is 19.7 Å². The summed E-state index contributed by atoms with van der Waals surface area (Å²) in [6, 6.07) is 7.91. The molecule has 0 saturated carbocycles. The van der Waals surface area contributed by atoms with Gasteiger partial charge in [0.15, 0.2) is 5.58 Å². The number of methoxy groups -OCH3 is 1. The van der Waals surface area contributed by atoms with Gasteiger partial charge >= 0.3 is 6.03 Å². The zero-order chi connectivity index (χ0) is 24.8. The van der Waals surface area contributed by atoms with Crippen LogP contribution in [0, 0.1) is 0 Å². The number of ether oxygens (including phenoxy) is 1. The van der Waals surface area contributed by atoms with E-state index in [1.54, 1.807) is 31.4 Å². The number of sulfonamides is 1. The summed E-state index contributed by atoms with van der Waals surface area (Å²) < 4.78 is 37.3. The predicted octanol–water partition coefficient (Wildman–Crippen LogP) is 3.62. The van der Waals surface area contributed by atoms with Crippen LogP contribution in [-0.2, 0) is 20.2 Å². The predicted molar refractivity (Wildman–Crippen MR) is 129 cm³/mol. The minimum atomic E-state index is -3.45. The number of fused-ring (bicyclic) bond motifs is 1. The summed E-state index contributed by atoms with van der Waals surface area (Å²) in [7, 11) is -1.90. The van der Waals surface area contributed by atoms with Gasteiger partial charge in [0.05, 0.1) is 24.6 Å². The van der Waals surface area contributed by atoms with Crippen molar-refractivity contribution in [1.29, 1.82) is 0 Å². The number of amides is 3. The molecular formula is C23H26N4O6S. The van der Waals surface area contributed by atoms with Crippen LogP contribution in [0.1, 0.15) is 32.8 Å². The Morgan fingerprint density at radius 3 is 2.53 bits per heavy atom. The summed E-state index contributed by atoms with van der Waals surface area (Å²) in [4.78, 5) is 30.2. The molecule has 2 aromatic carbocycles. The lowest BCUT2D eigenvalue weighted by Gasteiger charge is -2.30. The van der Waals surface area contributed by atoms with E-state index < -0.39 is 16.1 Å². The molecule has 34 heavy (non-hydrogen) atoms. The van der Waals surface area contributed by atoms with Gasteiger partial charge < -0.3 is 9.15 Å². The largest absolute Gasteiger partial charge is 0.496 e. The van der Waals surface area contributed by atoms with Gasteiger partial charge in [-0.25, -0.2) is 18.2 Å². The van der Waals surface area contributed by atoms with Crippen molar-refractivity contribution >= 4 is 44.4 Å². The molecule has 1 aliphatic rings. The van der Waals surface area contributed by atoms with Gasteiger partial charge in [-0.15, -0.1) is 0 Å². The van der Waals surface area contributed by atoms with E-state index in [1.807, 2.05) is 26.8 Å². The summed E-state index contributed by atoms with van der Waals surface area (Å²) >= 11 is 0. The summed E-state index contributed by atoms with van der Waals surface area (Å²) in [6.45, 7) is 6.31. The van der Waals surface area contributed by atoms with E-state index >= 15 is 0 Å². The Hall–Kier alpha value is -3.60. The van der Waals surface area contributed by atoms with Crippen molar-refractivity contribution in [1.82, 2.24) is 10.3 Å². The lowest BCUT2D eigenvalue weighted by Crippen LogP contribution is -2.49. The van der Waals surface area contributed by atoms with Crippen LogP contribution >= 0.6 is 0 Å². The number of rotatable bonds is 5. The molecule has 1 fully saturated rings. The zero-order valence-electron chi connectivity index (χ0n) is 19.6. The third-order valence-electron chi connectivity index (χ3n) is 5.37. The topological polar surface area (TPSA) is 131 Å². The maximum Gasteiger partial charge on any atom is 0.328 e. The average Bonchev–Trinajstić information content (AvgIpc) is 3.14. The zero-order valence-corrected chi connectivity index (χ0v) is 20.4. The van der Waals surface area contributed by atoms with Gasteiger partial charge in [0, 0.05) is 30.3 Å². The van der Waals surface area contributed by atoms with Gasteiger partial charge in [-0.2, -0.15) is 0 Å². The number of urea groups is 1. The van der Waals surface area contributed by atoms with Gasteiger partial charge in [0.25, 0.3) is 0 Å². The molecule has 2 N–H and O–H groups in total. The first kappa shape index (κ1) is 23.6. The Bertz CT molecular complexity index is 1400. The van der Waals surface area contributed by atoms with E-state index in [1.165, 1.54) is 4.90 Å². The van der Waals surface area contributed by atoms with E-state index in [2.05, 4.69) is 15.0 Å².